The van der Waals surface area contributed by atoms with Gasteiger partial charge in [-0.2, -0.15) is 0 Å². The van der Waals surface area contributed by atoms with Crippen LogP contribution < -0.4 is 10.6 Å². The Kier molecular flexibility index (Phi) is 3.74. The van der Waals surface area contributed by atoms with Crippen molar-refractivity contribution in [3.05, 3.63) is 22.7 Å². The van der Waals surface area contributed by atoms with E-state index >= 15 is 0 Å². The van der Waals surface area contributed by atoms with Crippen molar-refractivity contribution in [3.63, 3.8) is 0 Å². The minimum absolute atomic E-state index is 0.572. The first-order valence-electron chi connectivity index (χ1n) is 6.37. The van der Waals surface area contributed by atoms with E-state index in [2.05, 4.69) is 30.8 Å². The van der Waals surface area contributed by atoms with Crippen LogP contribution in [0.1, 0.15) is 12.5 Å². The first-order chi connectivity index (χ1) is 8.41. The van der Waals surface area contributed by atoms with Gasteiger partial charge in [-0.1, -0.05) is 18.5 Å². The van der Waals surface area contributed by atoms with Gasteiger partial charge < -0.3 is 15.5 Å². The molecule has 0 saturated carbocycles. The fraction of sp³-hybridized carbons (Fsp3) is 0.571. The van der Waals surface area contributed by atoms with Crippen molar-refractivity contribution in [2.45, 2.75) is 19.9 Å². The molecular formula is C14H22ClN3. The zero-order chi connectivity index (χ0) is 13.4. The molecule has 0 aromatic heterocycles. The minimum Gasteiger partial charge on any atom is -0.397 e. The third kappa shape index (κ3) is 2.29. The van der Waals surface area contributed by atoms with Crippen molar-refractivity contribution in [1.29, 1.82) is 0 Å². The van der Waals surface area contributed by atoms with Crippen molar-refractivity contribution in [2.75, 3.05) is 37.8 Å². The van der Waals surface area contributed by atoms with Crippen LogP contribution in [-0.4, -0.2) is 38.1 Å². The summed E-state index contributed by atoms with van der Waals surface area (Å²) in [5.74, 6) is 0.637. The summed E-state index contributed by atoms with van der Waals surface area (Å²) in [6.07, 6.45) is 0. The molecule has 1 fully saturated rings. The number of hydrogen-bond donors (Lipinski definition) is 1. The van der Waals surface area contributed by atoms with E-state index in [0.29, 0.717) is 12.0 Å². The highest BCUT2D eigenvalue weighted by Gasteiger charge is 2.32. The van der Waals surface area contributed by atoms with Gasteiger partial charge in [0.05, 0.1) is 11.4 Å². The summed E-state index contributed by atoms with van der Waals surface area (Å²) in [4.78, 5) is 4.66. The van der Waals surface area contributed by atoms with Crippen molar-refractivity contribution in [2.24, 2.45) is 5.92 Å². The fourth-order valence-corrected chi connectivity index (χ4v) is 3.07. The number of likely N-dealkylation sites (N-methyl/N-ethyl adjacent to an activating group) is 1. The van der Waals surface area contributed by atoms with Gasteiger partial charge in [-0.3, -0.25) is 0 Å². The summed E-state index contributed by atoms with van der Waals surface area (Å²) in [5, 5.41) is 0.792. The van der Waals surface area contributed by atoms with E-state index in [4.69, 9.17) is 17.3 Å². The van der Waals surface area contributed by atoms with E-state index in [1.54, 1.807) is 0 Å². The van der Waals surface area contributed by atoms with Crippen LogP contribution in [0.25, 0.3) is 0 Å². The Labute approximate surface area is 115 Å². The first-order valence-corrected chi connectivity index (χ1v) is 6.75. The molecule has 3 nitrogen and oxygen atoms in total. The molecule has 2 unspecified atom stereocenters. The lowest BCUT2D eigenvalue weighted by atomic mass is 10.1. The second-order valence-corrected chi connectivity index (χ2v) is 5.93. The highest BCUT2D eigenvalue weighted by atomic mass is 35.5. The van der Waals surface area contributed by atoms with E-state index in [1.165, 1.54) is 0 Å². The second kappa shape index (κ2) is 4.98. The molecule has 4 heteroatoms. The van der Waals surface area contributed by atoms with E-state index in [9.17, 15) is 0 Å². The van der Waals surface area contributed by atoms with Crippen LogP contribution in [0.3, 0.4) is 0 Å². The first kappa shape index (κ1) is 13.5. The van der Waals surface area contributed by atoms with Gasteiger partial charge in [0.25, 0.3) is 0 Å². The summed E-state index contributed by atoms with van der Waals surface area (Å²) in [6, 6.07) is 4.35. The number of nitrogens with two attached hydrogens (primary N) is 1. The van der Waals surface area contributed by atoms with E-state index in [0.717, 1.165) is 35.1 Å². The zero-order valence-corrected chi connectivity index (χ0v) is 12.3. The Morgan fingerprint density at radius 3 is 2.56 bits per heavy atom. The van der Waals surface area contributed by atoms with Crippen molar-refractivity contribution < 1.29 is 0 Å². The summed E-state index contributed by atoms with van der Waals surface area (Å²) >= 11 is 6.21. The molecule has 2 atom stereocenters. The molecule has 1 heterocycles. The third-order valence-corrected chi connectivity index (χ3v) is 4.36. The minimum atomic E-state index is 0.572. The van der Waals surface area contributed by atoms with Gasteiger partial charge in [-0.25, -0.2) is 0 Å². The van der Waals surface area contributed by atoms with E-state index in [-0.39, 0.29) is 0 Å². The Morgan fingerprint density at radius 1 is 1.33 bits per heavy atom. The molecule has 2 N–H and O–H groups in total. The lowest BCUT2D eigenvalue weighted by molar-refractivity contribution is 0.266. The molecule has 0 spiro atoms. The maximum Gasteiger partial charge on any atom is 0.0645 e. The largest absolute Gasteiger partial charge is 0.397 e. The number of hydrogen-bond acceptors (Lipinski definition) is 3. The molecule has 0 aliphatic carbocycles. The second-order valence-electron chi connectivity index (χ2n) is 5.52. The fourth-order valence-electron chi connectivity index (χ4n) is 2.92. The lowest BCUT2D eigenvalue weighted by Gasteiger charge is -2.25. The standard InChI is InChI=1S/C14H22ClN3/c1-9-7-18(8-13(9)17(3)4)14-10(2)11(15)5-6-12(14)16/h5-6,9,13H,7-8,16H2,1-4H3. The molecule has 0 amide bonds. The summed E-state index contributed by atoms with van der Waals surface area (Å²) in [7, 11) is 4.28. The van der Waals surface area contributed by atoms with Gasteiger partial charge in [0.1, 0.15) is 0 Å². The van der Waals surface area contributed by atoms with Gasteiger partial charge in [0.15, 0.2) is 0 Å². The van der Waals surface area contributed by atoms with Crippen LogP contribution in [0.15, 0.2) is 12.1 Å². The topological polar surface area (TPSA) is 32.5 Å². The van der Waals surface area contributed by atoms with Gasteiger partial charge in [-0.05, 0) is 44.6 Å². The molecule has 1 aromatic carbocycles. The van der Waals surface area contributed by atoms with Crippen molar-refractivity contribution in [1.82, 2.24) is 4.90 Å². The van der Waals surface area contributed by atoms with Gasteiger partial charge in [0, 0.05) is 24.2 Å². The molecule has 1 saturated heterocycles. The Hall–Kier alpha value is -0.930. The van der Waals surface area contributed by atoms with E-state index < -0.39 is 0 Å². The monoisotopic (exact) mass is 267 g/mol. The molecule has 18 heavy (non-hydrogen) atoms. The van der Waals surface area contributed by atoms with Crippen LogP contribution in [0.2, 0.25) is 5.02 Å². The zero-order valence-electron chi connectivity index (χ0n) is 11.6. The lowest BCUT2D eigenvalue weighted by Crippen LogP contribution is -2.34. The molecule has 1 aliphatic heterocycles. The molecular weight excluding hydrogens is 246 g/mol. The molecule has 100 valence electrons. The third-order valence-electron chi connectivity index (χ3n) is 3.95. The quantitative estimate of drug-likeness (QED) is 0.836. The van der Waals surface area contributed by atoms with Crippen molar-refractivity contribution >= 4 is 23.0 Å². The van der Waals surface area contributed by atoms with Gasteiger partial charge >= 0.3 is 0 Å². The average Bonchev–Trinajstić information content (AvgIpc) is 2.66. The highest BCUT2D eigenvalue weighted by molar-refractivity contribution is 6.32. The normalized spacial score (nSPS) is 24.0. The van der Waals surface area contributed by atoms with Crippen LogP contribution in [-0.2, 0) is 0 Å². The molecule has 2 rings (SSSR count). The Bertz CT molecular complexity index is 445. The number of halogens is 1. The number of benzene rings is 1. The molecule has 0 bridgehead atoms. The van der Waals surface area contributed by atoms with Crippen LogP contribution in [0, 0.1) is 12.8 Å². The van der Waals surface area contributed by atoms with Crippen LogP contribution >= 0.6 is 11.6 Å². The SMILES string of the molecule is Cc1c(Cl)ccc(N)c1N1CC(C)C(N(C)C)C1. The maximum absolute atomic E-state index is 6.21. The Balaban J connectivity index is 2.32. The van der Waals surface area contributed by atoms with Crippen molar-refractivity contribution in [3.8, 4) is 0 Å². The van der Waals surface area contributed by atoms with Gasteiger partial charge in [-0.15, -0.1) is 0 Å². The number of rotatable bonds is 2. The number of nitrogens with zero attached hydrogens (tertiary/aromatic N) is 2. The number of nitrogen functional groups attached to an aromatic ring is 1. The van der Waals surface area contributed by atoms with Crippen LogP contribution in [0.5, 0.6) is 0 Å². The summed E-state index contributed by atoms with van der Waals surface area (Å²) < 4.78 is 0. The summed E-state index contributed by atoms with van der Waals surface area (Å²) in [5.41, 5.74) is 9.14. The van der Waals surface area contributed by atoms with E-state index in [1.807, 2.05) is 19.1 Å². The average molecular weight is 268 g/mol. The smallest absolute Gasteiger partial charge is 0.0645 e. The molecule has 1 aromatic rings. The number of anilines is 2. The van der Waals surface area contributed by atoms with Crippen LogP contribution in [0.4, 0.5) is 11.4 Å². The Morgan fingerprint density at radius 2 is 2.00 bits per heavy atom. The van der Waals surface area contributed by atoms with Gasteiger partial charge in [0.2, 0.25) is 0 Å². The predicted molar refractivity (Wildman–Crippen MR) is 79.5 cm³/mol. The highest BCUT2D eigenvalue weighted by Crippen LogP contribution is 2.36. The molecule has 0 radical (unpaired) electrons. The molecule has 1 aliphatic rings. The maximum atomic E-state index is 6.21. The summed E-state index contributed by atoms with van der Waals surface area (Å²) in [6.45, 7) is 6.39. The predicted octanol–water partition coefficient (Wildman–Crippen LogP) is 2.62.